The molecule has 0 saturated carbocycles. The van der Waals surface area contributed by atoms with Crippen molar-refractivity contribution in [2.45, 2.75) is 112 Å². The summed E-state index contributed by atoms with van der Waals surface area (Å²) in [4.78, 5) is 24.2. The summed E-state index contributed by atoms with van der Waals surface area (Å²) < 4.78 is 0. The summed E-state index contributed by atoms with van der Waals surface area (Å²) >= 11 is 0. The lowest BCUT2D eigenvalue weighted by Gasteiger charge is -2.30. The molecule has 0 radical (unpaired) electrons. The fraction of sp³-hybridized carbons (Fsp3) is 0.405. The number of allylic oxidation sites excluding steroid dienone is 6. The second-order valence-electron chi connectivity index (χ2n) is 13.2. The molecule has 6 aliphatic heterocycles. The summed E-state index contributed by atoms with van der Waals surface area (Å²) in [5.74, 6) is 0. The smallest absolute Gasteiger partial charge is 0.0928 e. The molecule has 0 aliphatic carbocycles. The van der Waals surface area contributed by atoms with Crippen molar-refractivity contribution in [2.24, 2.45) is 0 Å². The van der Waals surface area contributed by atoms with Gasteiger partial charge in [-0.2, -0.15) is 0 Å². The number of para-hydroxylation sites is 1. The van der Waals surface area contributed by atoms with Crippen molar-refractivity contribution in [3.8, 4) is 11.4 Å². The molecule has 0 unspecified atom stereocenters. The van der Waals surface area contributed by atoms with Crippen LogP contribution < -0.4 is 0 Å². The molecule has 0 aromatic heterocycles. The van der Waals surface area contributed by atoms with Gasteiger partial charge in [0.25, 0.3) is 0 Å². The molecule has 2 N–H and O–H groups in total. The summed E-state index contributed by atoms with van der Waals surface area (Å²) in [5, 5.41) is 1.28. The normalized spacial score (nSPS) is 15.8. The summed E-state index contributed by atoms with van der Waals surface area (Å²) in [6.07, 6.45) is 7.56. The highest BCUT2D eigenvalue weighted by atomic mass is 14.9. The quantitative estimate of drug-likeness (QED) is 0.262. The fourth-order valence-electron chi connectivity index (χ4n) is 8.87. The number of benzene rings is 1. The molecule has 8 bridgehead atoms. The molecule has 0 saturated heterocycles. The molecule has 0 atom stereocenters. The molecule has 6 heterocycles. The average molecular weight is 624 g/mol. The van der Waals surface area contributed by atoms with Crippen molar-refractivity contribution in [1.82, 2.24) is 24.9 Å². The Morgan fingerprint density at radius 2 is 0.979 bits per heavy atom. The summed E-state index contributed by atoms with van der Waals surface area (Å²) in [6.45, 7) is 18.3. The lowest BCUT2D eigenvalue weighted by molar-refractivity contribution is 0.484. The first-order valence-corrected chi connectivity index (χ1v) is 18.1. The highest BCUT2D eigenvalue weighted by molar-refractivity contribution is 6.01. The third-order valence-corrected chi connectivity index (χ3v) is 11.2. The lowest BCUT2D eigenvalue weighted by Crippen LogP contribution is -2.24. The lowest BCUT2D eigenvalue weighted by atomic mass is 9.72. The predicted octanol–water partition coefficient (Wildman–Crippen LogP) is 11.7. The Hall–Kier alpha value is -4.25. The Kier molecular flexibility index (Phi) is 8.06. The molecule has 6 aliphatic rings. The van der Waals surface area contributed by atoms with Crippen LogP contribution in [-0.4, -0.2) is 24.9 Å². The van der Waals surface area contributed by atoms with Gasteiger partial charge in [0, 0.05) is 22.0 Å². The van der Waals surface area contributed by atoms with Crippen molar-refractivity contribution in [3.63, 3.8) is 0 Å². The minimum atomic E-state index is -0.179. The van der Waals surface area contributed by atoms with Gasteiger partial charge in [-0.1, -0.05) is 73.6 Å². The van der Waals surface area contributed by atoms with E-state index in [4.69, 9.17) is 15.0 Å². The van der Waals surface area contributed by atoms with Crippen LogP contribution in [0.2, 0.25) is 0 Å². The molecule has 0 spiro atoms. The van der Waals surface area contributed by atoms with Crippen molar-refractivity contribution in [2.75, 3.05) is 0 Å². The van der Waals surface area contributed by atoms with Crippen LogP contribution >= 0.6 is 0 Å². The number of hydrogen-bond donors (Lipinski definition) is 2. The molecular weight excluding hydrogens is 574 g/mol. The van der Waals surface area contributed by atoms with Crippen LogP contribution in [0.4, 0.5) is 0 Å². The number of H-pyrrole nitrogens is 2. The minimum Gasteiger partial charge on any atom is -0.356 e. The number of pyridine rings is 1. The van der Waals surface area contributed by atoms with Crippen LogP contribution in [0.3, 0.4) is 0 Å². The number of aromatic amines is 2. The van der Waals surface area contributed by atoms with E-state index < -0.39 is 0 Å². The SMILES string of the molecule is CCC1=C(CC)c2cc3nc(c4[nH]c5ccccc5c5c-4[nH]c(cc4nc(cc1n2)C(CC)=C4CC)C5(CC)CC)C(CC)=C3CC. The Labute approximate surface area is 280 Å². The van der Waals surface area contributed by atoms with E-state index in [-0.39, 0.29) is 5.41 Å². The minimum absolute atomic E-state index is 0.179. The third kappa shape index (κ3) is 4.52. The second kappa shape index (κ2) is 12.1. The van der Waals surface area contributed by atoms with E-state index >= 15 is 0 Å². The third-order valence-electron chi connectivity index (χ3n) is 11.2. The van der Waals surface area contributed by atoms with Gasteiger partial charge in [-0.3, -0.25) is 0 Å². The highest BCUT2D eigenvalue weighted by Crippen LogP contribution is 2.51. The van der Waals surface area contributed by atoms with Gasteiger partial charge in [0.2, 0.25) is 0 Å². The number of hydrogen-bond acceptors (Lipinski definition) is 3. The fourth-order valence-corrected chi connectivity index (χ4v) is 8.87. The van der Waals surface area contributed by atoms with Gasteiger partial charge in [0.05, 0.1) is 45.6 Å². The van der Waals surface area contributed by atoms with Crippen LogP contribution in [0.25, 0.3) is 55.7 Å². The molecule has 242 valence electrons. The molecule has 5 heteroatoms. The van der Waals surface area contributed by atoms with E-state index in [1.54, 1.807) is 0 Å². The maximum atomic E-state index is 5.51. The number of nitrogens with zero attached hydrogens (tertiary/aromatic N) is 3. The largest absolute Gasteiger partial charge is 0.356 e. The number of rotatable bonds is 8. The Balaban J connectivity index is 1.73. The average Bonchev–Trinajstić information content (AvgIpc) is 3.82. The van der Waals surface area contributed by atoms with Gasteiger partial charge >= 0.3 is 0 Å². The molecule has 0 amide bonds. The highest BCUT2D eigenvalue weighted by Gasteiger charge is 2.41. The van der Waals surface area contributed by atoms with E-state index in [2.05, 4.69) is 108 Å². The van der Waals surface area contributed by atoms with Crippen molar-refractivity contribution in [3.05, 3.63) is 87.9 Å². The first-order valence-electron chi connectivity index (χ1n) is 18.1. The van der Waals surface area contributed by atoms with E-state index in [0.717, 1.165) is 102 Å². The van der Waals surface area contributed by atoms with Gasteiger partial charge in [-0.25, -0.2) is 15.0 Å². The zero-order chi connectivity index (χ0) is 33.0. The van der Waals surface area contributed by atoms with Crippen LogP contribution in [0.5, 0.6) is 0 Å². The summed E-state index contributed by atoms with van der Waals surface area (Å²) in [6, 6.07) is 15.7. The van der Waals surface area contributed by atoms with Gasteiger partial charge in [-0.05, 0) is 115 Å². The molecule has 1 aromatic rings. The molecule has 0 fully saturated rings. The second-order valence-corrected chi connectivity index (χ2v) is 13.2. The van der Waals surface area contributed by atoms with Gasteiger partial charge < -0.3 is 9.97 Å². The van der Waals surface area contributed by atoms with Crippen LogP contribution in [-0.2, 0) is 5.41 Å². The van der Waals surface area contributed by atoms with E-state index in [9.17, 15) is 0 Å². The zero-order valence-corrected chi connectivity index (χ0v) is 29.5. The van der Waals surface area contributed by atoms with Crippen molar-refractivity contribution >= 4 is 44.3 Å². The van der Waals surface area contributed by atoms with Gasteiger partial charge in [-0.15, -0.1) is 0 Å². The molecule has 1 aromatic carbocycles. The van der Waals surface area contributed by atoms with Gasteiger partial charge in [0.15, 0.2) is 0 Å². The number of fused-ring (bicyclic) bond motifs is 10. The number of nitrogens with one attached hydrogen (secondary N) is 2. The summed E-state index contributed by atoms with van der Waals surface area (Å²) in [5.41, 5.74) is 20.2. The molecule has 5 nitrogen and oxygen atoms in total. The Bertz CT molecular complexity index is 2070. The van der Waals surface area contributed by atoms with Crippen LogP contribution in [0, 0.1) is 0 Å². The molecule has 7 rings (SSSR count). The first kappa shape index (κ1) is 31.4. The molecule has 47 heavy (non-hydrogen) atoms. The van der Waals surface area contributed by atoms with Crippen LogP contribution in [0.1, 0.15) is 152 Å². The Morgan fingerprint density at radius 1 is 0.511 bits per heavy atom. The topological polar surface area (TPSA) is 70.2 Å². The van der Waals surface area contributed by atoms with Crippen molar-refractivity contribution in [1.29, 1.82) is 0 Å². The van der Waals surface area contributed by atoms with E-state index in [1.807, 2.05) is 0 Å². The van der Waals surface area contributed by atoms with Crippen LogP contribution in [0.15, 0.2) is 42.5 Å². The maximum absolute atomic E-state index is 5.51. The van der Waals surface area contributed by atoms with Gasteiger partial charge in [0.1, 0.15) is 0 Å². The number of aromatic nitrogens is 5. The standard InChI is InChI=1S/C42H49N5/c1-9-24-25(10-2)34-22-35-28(13-5)29(14-6)39(46-35)41-40-38(30-19-17-18-20-31(30)45-41)42(15-7,16-8)37(47-40)23-36-27(12-4)26(11-3)33(44-36)21-32(24)43-34/h17-23,45,47H,9-16H2,1-8H3. The maximum Gasteiger partial charge on any atom is 0.0928 e. The predicted molar refractivity (Wildman–Crippen MR) is 199 cm³/mol. The monoisotopic (exact) mass is 623 g/mol. The zero-order valence-electron chi connectivity index (χ0n) is 29.5. The van der Waals surface area contributed by atoms with E-state index in [1.165, 1.54) is 50.1 Å². The first-order chi connectivity index (χ1) is 22.9. The van der Waals surface area contributed by atoms with Crippen molar-refractivity contribution < 1.29 is 0 Å². The summed E-state index contributed by atoms with van der Waals surface area (Å²) in [7, 11) is 0. The van der Waals surface area contributed by atoms with E-state index in [0.29, 0.717) is 0 Å². The Morgan fingerprint density at radius 3 is 1.49 bits per heavy atom. The molecular formula is C42H49N5.